The summed E-state index contributed by atoms with van der Waals surface area (Å²) < 4.78 is 10.4. The van der Waals surface area contributed by atoms with Crippen molar-refractivity contribution in [3.63, 3.8) is 0 Å². The highest BCUT2D eigenvalue weighted by Gasteiger charge is 2.09. The van der Waals surface area contributed by atoms with E-state index in [1.807, 2.05) is 19.1 Å². The van der Waals surface area contributed by atoms with E-state index in [4.69, 9.17) is 9.15 Å². The van der Waals surface area contributed by atoms with Gasteiger partial charge >= 0.3 is 0 Å². The third-order valence-corrected chi connectivity index (χ3v) is 1.65. The molecule has 2 heteroatoms. The Balaban J connectivity index is 2.74. The predicted octanol–water partition coefficient (Wildman–Crippen LogP) is 2.19. The van der Waals surface area contributed by atoms with Crippen molar-refractivity contribution in [2.75, 3.05) is 7.11 Å². The fourth-order valence-electron chi connectivity index (χ4n) is 1.17. The number of furan rings is 2. The maximum atomic E-state index is 5.31. The number of hydrogen-bond donors (Lipinski definition) is 0. The summed E-state index contributed by atoms with van der Waals surface area (Å²) in [7, 11) is 1.65. The summed E-state index contributed by atoms with van der Waals surface area (Å²) >= 11 is 0. The summed E-state index contributed by atoms with van der Waals surface area (Å²) in [5.74, 6) is 0.843. The minimum atomic E-state index is 0.843. The molecule has 2 bridgehead atoms. The Morgan fingerprint density at radius 2 is 2.20 bits per heavy atom. The lowest BCUT2D eigenvalue weighted by atomic mass is 10.2. The van der Waals surface area contributed by atoms with Crippen LogP contribution in [0.5, 0.6) is 5.75 Å². The summed E-state index contributed by atoms with van der Waals surface area (Å²) in [6.07, 6.45) is 0. The van der Waals surface area contributed by atoms with E-state index in [0.717, 1.165) is 22.5 Å². The number of ether oxygens (including phenoxy) is 1. The van der Waals surface area contributed by atoms with Crippen molar-refractivity contribution >= 4 is 11.2 Å². The van der Waals surface area contributed by atoms with Gasteiger partial charge in [-0.25, -0.2) is 0 Å². The first-order valence-corrected chi connectivity index (χ1v) is 3.18. The molecule has 2 rings (SSSR count). The lowest BCUT2D eigenvalue weighted by Gasteiger charge is -1.93. The molecule has 0 N–H and O–H groups in total. The summed E-state index contributed by atoms with van der Waals surface area (Å²) in [6.45, 7) is 2.01. The van der Waals surface area contributed by atoms with Crippen molar-refractivity contribution in [3.05, 3.63) is 17.7 Å². The third-order valence-electron chi connectivity index (χ3n) is 1.65. The third kappa shape index (κ3) is 0.533. The summed E-state index contributed by atoms with van der Waals surface area (Å²) in [5, 5.41) is 0. The first-order chi connectivity index (χ1) is 4.81. The second kappa shape index (κ2) is 1.66. The van der Waals surface area contributed by atoms with Gasteiger partial charge in [0.25, 0.3) is 0 Å². The smallest absolute Gasteiger partial charge is 0.172 e. The van der Waals surface area contributed by atoms with Gasteiger partial charge in [-0.3, -0.25) is 0 Å². The van der Waals surface area contributed by atoms with E-state index >= 15 is 0 Å². The molecule has 2 nitrogen and oxygen atoms in total. The molecule has 2 heterocycles. The number of rotatable bonds is 1. The highest BCUT2D eigenvalue weighted by Crippen LogP contribution is 2.31. The van der Waals surface area contributed by atoms with E-state index in [2.05, 4.69) is 0 Å². The Labute approximate surface area is 58.7 Å². The standard InChI is InChI=1S/C8H8O2/c1-5-3-6-4-7(9-2)8(5)10-6/h3-4H,1-2H3. The lowest BCUT2D eigenvalue weighted by molar-refractivity contribution is 0.416. The Kier molecular flexibility index (Phi) is 0.926. The zero-order valence-corrected chi connectivity index (χ0v) is 5.97. The molecule has 10 heavy (non-hydrogen) atoms. The minimum absolute atomic E-state index is 0.843. The molecular weight excluding hydrogens is 128 g/mol. The van der Waals surface area contributed by atoms with Gasteiger partial charge in [0.1, 0.15) is 5.58 Å². The molecule has 0 atom stereocenters. The van der Waals surface area contributed by atoms with Crippen LogP contribution in [0, 0.1) is 6.92 Å². The molecule has 0 fully saturated rings. The van der Waals surface area contributed by atoms with Crippen molar-refractivity contribution in [2.45, 2.75) is 6.92 Å². The molecule has 0 amide bonds. The van der Waals surface area contributed by atoms with E-state index < -0.39 is 0 Å². The number of aryl methyl sites for hydroxylation is 1. The van der Waals surface area contributed by atoms with E-state index in [-0.39, 0.29) is 0 Å². The highest BCUT2D eigenvalue weighted by molar-refractivity contribution is 5.74. The predicted molar refractivity (Wildman–Crippen MR) is 38.7 cm³/mol. The zero-order valence-electron chi connectivity index (χ0n) is 5.97. The largest absolute Gasteiger partial charge is 0.493 e. The molecule has 0 saturated carbocycles. The van der Waals surface area contributed by atoms with Crippen molar-refractivity contribution in [1.29, 1.82) is 0 Å². The van der Waals surface area contributed by atoms with Crippen molar-refractivity contribution in [2.24, 2.45) is 0 Å². The van der Waals surface area contributed by atoms with E-state index in [1.54, 1.807) is 7.11 Å². The van der Waals surface area contributed by atoms with Gasteiger partial charge in [0, 0.05) is 6.07 Å². The topological polar surface area (TPSA) is 22.4 Å². The van der Waals surface area contributed by atoms with Crippen LogP contribution in [0.4, 0.5) is 0 Å². The number of hydrogen-bond acceptors (Lipinski definition) is 2. The van der Waals surface area contributed by atoms with Gasteiger partial charge < -0.3 is 9.15 Å². The molecular formula is C8H8O2. The van der Waals surface area contributed by atoms with Crippen LogP contribution in [0.25, 0.3) is 11.2 Å². The average Bonchev–Trinajstić information content (AvgIpc) is 2.44. The number of benzene rings is 1. The lowest BCUT2D eigenvalue weighted by Crippen LogP contribution is -1.80. The van der Waals surface area contributed by atoms with Crippen LogP contribution in [0.1, 0.15) is 5.56 Å². The van der Waals surface area contributed by atoms with Crippen LogP contribution in [0.3, 0.4) is 0 Å². The first-order valence-electron chi connectivity index (χ1n) is 3.18. The molecule has 0 aliphatic rings. The second-order valence-electron chi connectivity index (χ2n) is 2.37. The summed E-state index contributed by atoms with van der Waals surface area (Å²) in [4.78, 5) is 0. The molecule has 0 spiro atoms. The van der Waals surface area contributed by atoms with Crippen LogP contribution >= 0.6 is 0 Å². The molecule has 0 radical (unpaired) electrons. The van der Waals surface area contributed by atoms with E-state index in [1.165, 1.54) is 0 Å². The van der Waals surface area contributed by atoms with Gasteiger partial charge in [0.05, 0.1) is 7.11 Å². The Bertz CT molecular complexity index is 335. The maximum absolute atomic E-state index is 5.31. The number of methoxy groups -OCH3 is 1. The Hall–Kier alpha value is -1.18. The van der Waals surface area contributed by atoms with E-state index in [0.29, 0.717) is 0 Å². The normalized spacial score (nSPS) is 11.0. The molecule has 0 aromatic carbocycles. The highest BCUT2D eigenvalue weighted by atomic mass is 16.5. The Morgan fingerprint density at radius 1 is 1.40 bits per heavy atom. The fraction of sp³-hybridized carbons (Fsp3) is 0.250. The van der Waals surface area contributed by atoms with Crippen molar-refractivity contribution in [3.8, 4) is 5.75 Å². The van der Waals surface area contributed by atoms with Gasteiger partial charge in [-0.2, -0.15) is 0 Å². The molecule has 0 aliphatic carbocycles. The second-order valence-corrected chi connectivity index (χ2v) is 2.37. The molecule has 0 aliphatic heterocycles. The van der Waals surface area contributed by atoms with Gasteiger partial charge in [-0.1, -0.05) is 0 Å². The summed E-state index contributed by atoms with van der Waals surface area (Å²) in [6, 6.07) is 3.89. The van der Waals surface area contributed by atoms with Gasteiger partial charge in [0.2, 0.25) is 0 Å². The van der Waals surface area contributed by atoms with Crippen LogP contribution in [-0.4, -0.2) is 7.11 Å². The van der Waals surface area contributed by atoms with Gasteiger partial charge in [-0.15, -0.1) is 0 Å². The van der Waals surface area contributed by atoms with E-state index in [9.17, 15) is 0 Å². The maximum Gasteiger partial charge on any atom is 0.172 e. The molecule has 0 unspecified atom stereocenters. The SMILES string of the molecule is COc1cc2cc(C)c1o2. The summed E-state index contributed by atoms with van der Waals surface area (Å²) in [5.41, 5.74) is 2.91. The van der Waals surface area contributed by atoms with Gasteiger partial charge in [0.15, 0.2) is 11.3 Å². The van der Waals surface area contributed by atoms with Gasteiger partial charge in [-0.05, 0) is 18.6 Å². The van der Waals surface area contributed by atoms with Crippen LogP contribution in [0.15, 0.2) is 16.5 Å². The molecule has 0 saturated heterocycles. The molecule has 2 aromatic heterocycles. The molecule has 52 valence electrons. The monoisotopic (exact) mass is 136 g/mol. The molecule has 2 aromatic rings. The average molecular weight is 136 g/mol. The van der Waals surface area contributed by atoms with Crippen LogP contribution in [-0.2, 0) is 0 Å². The van der Waals surface area contributed by atoms with Crippen LogP contribution < -0.4 is 4.74 Å². The first kappa shape index (κ1) is 5.59. The van der Waals surface area contributed by atoms with Crippen LogP contribution in [0.2, 0.25) is 0 Å². The van der Waals surface area contributed by atoms with Crippen molar-refractivity contribution < 1.29 is 9.15 Å². The van der Waals surface area contributed by atoms with Crippen molar-refractivity contribution in [1.82, 2.24) is 0 Å². The zero-order chi connectivity index (χ0) is 7.14. The fourth-order valence-corrected chi connectivity index (χ4v) is 1.17. The quantitative estimate of drug-likeness (QED) is 0.599. The number of fused-ring (bicyclic) bond motifs is 2. The Morgan fingerprint density at radius 3 is 2.60 bits per heavy atom. The minimum Gasteiger partial charge on any atom is -0.493 e.